The van der Waals surface area contributed by atoms with Gasteiger partial charge in [0.05, 0.1) is 11.4 Å². The highest BCUT2D eigenvalue weighted by Crippen LogP contribution is 2.30. The summed E-state index contributed by atoms with van der Waals surface area (Å²) < 4.78 is 33.9. The molecule has 3 aromatic rings. The maximum atomic E-state index is 13.4. The van der Waals surface area contributed by atoms with Gasteiger partial charge in [-0.25, -0.2) is 8.42 Å². The van der Waals surface area contributed by atoms with Crippen molar-refractivity contribution in [3.8, 4) is 0 Å². The van der Waals surface area contributed by atoms with E-state index in [4.69, 9.17) is 4.74 Å². The molecule has 1 aliphatic rings. The van der Waals surface area contributed by atoms with E-state index in [1.54, 1.807) is 56.7 Å². The van der Waals surface area contributed by atoms with Crippen molar-refractivity contribution >= 4 is 32.8 Å². The monoisotopic (exact) mass is 495 g/mol. The summed E-state index contributed by atoms with van der Waals surface area (Å²) in [7, 11) is -0.563. The number of nitrogens with zero attached hydrogens (tertiary/aromatic N) is 3. The number of pyridine rings is 1. The van der Waals surface area contributed by atoms with Crippen molar-refractivity contribution in [2.24, 2.45) is 5.92 Å². The van der Waals surface area contributed by atoms with E-state index in [-0.39, 0.29) is 23.9 Å². The van der Waals surface area contributed by atoms with Gasteiger partial charge in [-0.3, -0.25) is 14.6 Å². The molecule has 9 heteroatoms. The number of fused-ring (bicyclic) bond motifs is 1. The van der Waals surface area contributed by atoms with E-state index in [1.807, 2.05) is 25.1 Å². The van der Waals surface area contributed by atoms with E-state index in [0.717, 1.165) is 10.9 Å². The van der Waals surface area contributed by atoms with Crippen LogP contribution in [0.5, 0.6) is 0 Å². The van der Waals surface area contributed by atoms with Crippen molar-refractivity contribution in [1.82, 2.24) is 14.2 Å². The average molecular weight is 496 g/mol. The molecule has 1 atom stereocenters. The maximum absolute atomic E-state index is 13.4. The number of para-hydroxylation sites is 1. The molecule has 0 aliphatic carbocycles. The molecule has 2 aromatic carbocycles. The first-order valence-electron chi connectivity index (χ1n) is 11.5. The Labute approximate surface area is 205 Å². The first-order chi connectivity index (χ1) is 16.7. The van der Waals surface area contributed by atoms with Crippen LogP contribution in [0.15, 0.2) is 65.7 Å². The zero-order valence-corrected chi connectivity index (χ0v) is 20.9. The molecule has 0 N–H and O–H groups in total. The number of aryl methyl sites for hydroxylation is 1. The van der Waals surface area contributed by atoms with Gasteiger partial charge in [0.2, 0.25) is 16.1 Å². The molecule has 1 fully saturated rings. The Kier molecular flexibility index (Phi) is 7.18. The van der Waals surface area contributed by atoms with E-state index in [9.17, 15) is 18.0 Å². The molecule has 8 nitrogen and oxygen atoms in total. The van der Waals surface area contributed by atoms with Gasteiger partial charge in [0.1, 0.15) is 4.90 Å². The molecule has 1 amide bonds. The molecular formula is C26H29N3O5S. The van der Waals surface area contributed by atoms with Crippen LogP contribution in [-0.2, 0) is 24.3 Å². The molecule has 2 heterocycles. The number of aromatic nitrogens is 1. The van der Waals surface area contributed by atoms with Crippen molar-refractivity contribution in [3.05, 3.63) is 71.9 Å². The minimum Gasteiger partial charge on any atom is -0.447 e. The molecule has 0 unspecified atom stereocenters. The van der Waals surface area contributed by atoms with E-state index in [1.165, 1.54) is 9.21 Å². The highest BCUT2D eigenvalue weighted by atomic mass is 32.2. The number of amides is 1. The molecule has 184 valence electrons. The van der Waals surface area contributed by atoms with E-state index >= 15 is 0 Å². The number of ether oxygens (including phenoxy) is 1. The summed E-state index contributed by atoms with van der Waals surface area (Å²) in [5.74, 6) is -1.31. The topological polar surface area (TPSA) is 96.9 Å². The second-order valence-electron chi connectivity index (χ2n) is 8.98. The number of piperidine rings is 1. The van der Waals surface area contributed by atoms with Gasteiger partial charge in [-0.15, -0.1) is 0 Å². The van der Waals surface area contributed by atoms with Crippen LogP contribution in [0.4, 0.5) is 0 Å². The van der Waals surface area contributed by atoms with Gasteiger partial charge < -0.3 is 9.64 Å². The highest BCUT2D eigenvalue weighted by molar-refractivity contribution is 7.89. The molecule has 0 saturated carbocycles. The Morgan fingerprint density at radius 3 is 2.40 bits per heavy atom. The standard InChI is InChI=1S/C26H29N3O5S/c1-18-16-21-10-7-11-22(23(21)27-17-18)35(32,33)29-14-12-20(13-15-29)26(31)34-24(25(30)28(2)3)19-8-5-4-6-9-19/h4-11,16-17,20,24H,12-15H2,1-3H3/t24-/m1/s1. The molecule has 35 heavy (non-hydrogen) atoms. The number of carbonyl (C=O) groups excluding carboxylic acids is 2. The summed E-state index contributed by atoms with van der Waals surface area (Å²) >= 11 is 0. The predicted octanol–water partition coefficient (Wildman–Crippen LogP) is 3.32. The third-order valence-corrected chi connectivity index (χ3v) is 8.15. The van der Waals surface area contributed by atoms with Crippen LogP contribution in [0, 0.1) is 12.8 Å². The zero-order valence-electron chi connectivity index (χ0n) is 20.0. The minimum absolute atomic E-state index is 0.164. The zero-order chi connectivity index (χ0) is 25.2. The molecule has 1 saturated heterocycles. The fraction of sp³-hybridized carbons (Fsp3) is 0.346. The van der Waals surface area contributed by atoms with Gasteiger partial charge in [-0.2, -0.15) is 4.31 Å². The second kappa shape index (κ2) is 10.1. The third kappa shape index (κ3) is 5.21. The lowest BCUT2D eigenvalue weighted by Crippen LogP contribution is -2.41. The average Bonchev–Trinajstić information content (AvgIpc) is 2.86. The predicted molar refractivity (Wildman–Crippen MR) is 132 cm³/mol. The lowest BCUT2D eigenvalue weighted by atomic mass is 9.98. The summed E-state index contributed by atoms with van der Waals surface area (Å²) in [4.78, 5) is 31.6. The molecule has 0 bridgehead atoms. The normalized spacial score (nSPS) is 16.1. The summed E-state index contributed by atoms with van der Waals surface area (Å²) in [5, 5.41) is 0.766. The SMILES string of the molecule is Cc1cnc2c(S(=O)(=O)N3CCC(C(=O)O[C@@H](C(=O)N(C)C)c4ccccc4)CC3)cccc2c1. The van der Waals surface area contributed by atoms with Crippen molar-refractivity contribution < 1.29 is 22.7 Å². The Morgan fingerprint density at radius 1 is 1.06 bits per heavy atom. The number of benzene rings is 2. The van der Waals surface area contributed by atoms with Crippen LogP contribution >= 0.6 is 0 Å². The summed E-state index contributed by atoms with van der Waals surface area (Å²) in [6.07, 6.45) is 1.24. The number of esters is 1. The van der Waals surface area contributed by atoms with E-state index < -0.39 is 28.0 Å². The molecule has 4 rings (SSSR count). The van der Waals surface area contributed by atoms with Gasteiger partial charge in [-0.1, -0.05) is 42.5 Å². The van der Waals surface area contributed by atoms with E-state index in [2.05, 4.69) is 4.98 Å². The smallest absolute Gasteiger partial charge is 0.310 e. The molecule has 0 radical (unpaired) electrons. The Morgan fingerprint density at radius 2 is 1.74 bits per heavy atom. The summed E-state index contributed by atoms with van der Waals surface area (Å²) in [6.45, 7) is 2.27. The Bertz CT molecular complexity index is 1330. The van der Waals surface area contributed by atoms with Crippen LogP contribution < -0.4 is 0 Å². The van der Waals surface area contributed by atoms with Gasteiger partial charge in [0, 0.05) is 44.3 Å². The van der Waals surface area contributed by atoms with E-state index in [0.29, 0.717) is 23.9 Å². The number of hydrogen-bond donors (Lipinski definition) is 0. The first-order valence-corrected chi connectivity index (χ1v) is 12.9. The third-order valence-electron chi connectivity index (χ3n) is 6.22. The minimum atomic E-state index is -3.78. The maximum Gasteiger partial charge on any atom is 0.310 e. The molecule has 1 aromatic heterocycles. The largest absolute Gasteiger partial charge is 0.447 e. The lowest BCUT2D eigenvalue weighted by Gasteiger charge is -2.31. The first kappa shape index (κ1) is 24.8. The van der Waals surface area contributed by atoms with Gasteiger partial charge in [0.15, 0.2) is 0 Å². The Balaban J connectivity index is 1.47. The fourth-order valence-corrected chi connectivity index (χ4v) is 5.89. The van der Waals surface area contributed by atoms with Crippen LogP contribution in [0.25, 0.3) is 10.9 Å². The summed E-state index contributed by atoms with van der Waals surface area (Å²) in [5.41, 5.74) is 1.98. The van der Waals surface area contributed by atoms with Crippen LogP contribution in [0.2, 0.25) is 0 Å². The number of rotatable bonds is 6. The van der Waals surface area contributed by atoms with Crippen LogP contribution in [0.1, 0.15) is 30.1 Å². The van der Waals surface area contributed by atoms with Crippen LogP contribution in [0.3, 0.4) is 0 Å². The molecule has 1 aliphatic heterocycles. The molecular weight excluding hydrogens is 466 g/mol. The lowest BCUT2D eigenvalue weighted by molar-refractivity contribution is -0.164. The van der Waals surface area contributed by atoms with Crippen molar-refractivity contribution in [1.29, 1.82) is 0 Å². The number of sulfonamides is 1. The molecule has 0 spiro atoms. The number of hydrogen-bond acceptors (Lipinski definition) is 6. The quantitative estimate of drug-likeness (QED) is 0.487. The van der Waals surface area contributed by atoms with Crippen LogP contribution in [-0.4, -0.2) is 61.7 Å². The Hall–Kier alpha value is -3.30. The van der Waals surface area contributed by atoms with Gasteiger partial charge >= 0.3 is 5.97 Å². The number of likely N-dealkylation sites (N-methyl/N-ethyl adjacent to an activating group) is 1. The van der Waals surface area contributed by atoms with Gasteiger partial charge in [0.25, 0.3) is 5.91 Å². The fourth-order valence-electron chi connectivity index (χ4n) is 4.26. The summed E-state index contributed by atoms with van der Waals surface area (Å²) in [6, 6.07) is 15.9. The highest BCUT2D eigenvalue weighted by Gasteiger charge is 2.36. The van der Waals surface area contributed by atoms with Crippen molar-refractivity contribution in [3.63, 3.8) is 0 Å². The van der Waals surface area contributed by atoms with Crippen molar-refractivity contribution in [2.75, 3.05) is 27.2 Å². The number of carbonyl (C=O) groups is 2. The van der Waals surface area contributed by atoms with Gasteiger partial charge in [-0.05, 0) is 37.5 Å². The second-order valence-corrected chi connectivity index (χ2v) is 10.9. The van der Waals surface area contributed by atoms with Crippen molar-refractivity contribution in [2.45, 2.75) is 30.8 Å².